The number of carbonyl (C=O) groups is 3. The van der Waals surface area contributed by atoms with Crippen LogP contribution in [0.4, 0.5) is 0 Å². The zero-order chi connectivity index (χ0) is 10.7. The second kappa shape index (κ2) is 3.97. The van der Waals surface area contributed by atoms with Gasteiger partial charge in [0.15, 0.2) is 0 Å². The van der Waals surface area contributed by atoms with E-state index in [1.54, 1.807) is 0 Å². The number of hydrogen-bond acceptors (Lipinski definition) is 4. The summed E-state index contributed by atoms with van der Waals surface area (Å²) < 4.78 is 0. The average molecular weight is 195 g/mol. The van der Waals surface area contributed by atoms with Crippen LogP contribution in [0, 0.1) is 0 Å². The van der Waals surface area contributed by atoms with Gasteiger partial charge in [-0.15, -0.1) is 0 Å². The van der Waals surface area contributed by atoms with Crippen LogP contribution in [0.25, 0.3) is 0 Å². The molecule has 1 unspecified atom stereocenters. The molecule has 0 spiro atoms. The number of carboxylic acid groups (broad SMARTS) is 1. The Bertz CT molecular complexity index is 354. The fourth-order valence-electron chi connectivity index (χ4n) is 1.02. The minimum Gasteiger partial charge on any atom is -0.480 e. The highest BCUT2D eigenvalue weighted by molar-refractivity contribution is 6.46. The molecule has 74 valence electrons. The Morgan fingerprint density at radius 1 is 1.36 bits per heavy atom. The molecule has 0 bridgehead atoms. The lowest BCUT2D eigenvalue weighted by atomic mass is 9.99. The Balaban J connectivity index is 2.68. The van der Waals surface area contributed by atoms with Crippen molar-refractivity contribution < 1.29 is 19.5 Å². The first-order valence-electron chi connectivity index (χ1n) is 3.96. The maximum atomic E-state index is 10.9. The Morgan fingerprint density at radius 3 is 2.50 bits per heavy atom. The topological polar surface area (TPSA) is 97.5 Å². The summed E-state index contributed by atoms with van der Waals surface area (Å²) in [5.41, 5.74) is 5.72. The number of ketones is 2. The third kappa shape index (κ3) is 2.37. The maximum absolute atomic E-state index is 10.9. The molecule has 0 radical (unpaired) electrons. The van der Waals surface area contributed by atoms with E-state index in [-0.39, 0.29) is 6.42 Å². The van der Waals surface area contributed by atoms with Gasteiger partial charge in [0.1, 0.15) is 6.04 Å². The van der Waals surface area contributed by atoms with Gasteiger partial charge in [0.2, 0.25) is 11.6 Å². The molecule has 1 aliphatic carbocycles. The minimum atomic E-state index is -1.14. The van der Waals surface area contributed by atoms with Gasteiger partial charge >= 0.3 is 5.97 Å². The number of hydrogen-bond donors (Lipinski definition) is 2. The van der Waals surface area contributed by atoms with Crippen LogP contribution in [-0.2, 0) is 14.4 Å². The third-order valence-electron chi connectivity index (χ3n) is 1.78. The van der Waals surface area contributed by atoms with Gasteiger partial charge in [0, 0.05) is 0 Å². The molecule has 0 saturated carbocycles. The van der Waals surface area contributed by atoms with Crippen molar-refractivity contribution in [1.29, 1.82) is 0 Å². The molecule has 0 aromatic rings. The molecule has 0 saturated heterocycles. The van der Waals surface area contributed by atoms with E-state index in [1.807, 2.05) is 0 Å². The number of allylic oxidation sites excluding steroid dienone is 3. The van der Waals surface area contributed by atoms with E-state index in [0.717, 1.165) is 12.2 Å². The first kappa shape index (κ1) is 10.3. The molecule has 3 N–H and O–H groups in total. The van der Waals surface area contributed by atoms with Crippen molar-refractivity contribution in [1.82, 2.24) is 0 Å². The van der Waals surface area contributed by atoms with Crippen molar-refractivity contribution in [3.8, 4) is 0 Å². The SMILES string of the molecule is NC(CC1=CC(=O)C(=O)C=C1)C(=O)O. The Morgan fingerprint density at radius 2 is 2.00 bits per heavy atom. The Labute approximate surface area is 79.9 Å². The number of carbonyl (C=O) groups excluding carboxylic acids is 2. The standard InChI is InChI=1S/C9H9NO4/c10-6(9(13)14)3-5-1-2-7(11)8(12)4-5/h1-2,4,6H,3,10H2,(H,13,14). The molecule has 14 heavy (non-hydrogen) atoms. The van der Waals surface area contributed by atoms with E-state index in [2.05, 4.69) is 0 Å². The fourth-order valence-corrected chi connectivity index (χ4v) is 1.02. The van der Waals surface area contributed by atoms with Gasteiger partial charge in [-0.1, -0.05) is 6.08 Å². The molecular weight excluding hydrogens is 186 g/mol. The zero-order valence-corrected chi connectivity index (χ0v) is 7.27. The van der Waals surface area contributed by atoms with Crippen LogP contribution in [0.5, 0.6) is 0 Å². The number of rotatable bonds is 3. The summed E-state index contributed by atoms with van der Waals surface area (Å²) in [5, 5.41) is 8.50. The smallest absolute Gasteiger partial charge is 0.320 e. The van der Waals surface area contributed by atoms with Crippen molar-refractivity contribution in [3.05, 3.63) is 23.8 Å². The summed E-state index contributed by atoms with van der Waals surface area (Å²) in [6.45, 7) is 0. The Hall–Kier alpha value is -1.75. The molecule has 1 rings (SSSR count). The van der Waals surface area contributed by atoms with Crippen molar-refractivity contribution in [3.63, 3.8) is 0 Å². The summed E-state index contributed by atoms with van der Waals surface area (Å²) in [5.74, 6) is -2.37. The minimum absolute atomic E-state index is 0.0465. The molecule has 0 aromatic carbocycles. The van der Waals surface area contributed by atoms with Crippen LogP contribution < -0.4 is 5.73 Å². The molecule has 0 fully saturated rings. The molecule has 0 amide bonds. The van der Waals surface area contributed by atoms with E-state index < -0.39 is 23.6 Å². The van der Waals surface area contributed by atoms with Crippen LogP contribution in [0.15, 0.2) is 23.8 Å². The second-order valence-corrected chi connectivity index (χ2v) is 2.93. The highest BCUT2D eigenvalue weighted by Gasteiger charge is 2.17. The van der Waals surface area contributed by atoms with Gasteiger partial charge in [0.25, 0.3) is 0 Å². The quantitative estimate of drug-likeness (QED) is 0.464. The second-order valence-electron chi connectivity index (χ2n) is 2.93. The van der Waals surface area contributed by atoms with Crippen molar-refractivity contribution >= 4 is 17.5 Å². The highest BCUT2D eigenvalue weighted by atomic mass is 16.4. The summed E-state index contributed by atoms with van der Waals surface area (Å²) in [6, 6.07) is -1.05. The molecule has 1 atom stereocenters. The predicted molar refractivity (Wildman–Crippen MR) is 47.5 cm³/mol. The summed E-state index contributed by atoms with van der Waals surface area (Å²) >= 11 is 0. The first-order valence-corrected chi connectivity index (χ1v) is 3.96. The summed E-state index contributed by atoms with van der Waals surface area (Å²) in [4.78, 5) is 32.0. The monoisotopic (exact) mass is 195 g/mol. The van der Waals surface area contributed by atoms with Gasteiger partial charge in [-0.2, -0.15) is 0 Å². The predicted octanol–water partition coefficient (Wildman–Crippen LogP) is -0.577. The molecule has 5 nitrogen and oxygen atoms in total. The molecule has 0 heterocycles. The number of nitrogens with two attached hydrogens (primary N) is 1. The van der Waals surface area contributed by atoms with Gasteiger partial charge < -0.3 is 10.8 Å². The van der Waals surface area contributed by atoms with Crippen LogP contribution in [0.1, 0.15) is 6.42 Å². The lowest BCUT2D eigenvalue weighted by Crippen LogP contribution is -2.30. The molecule has 0 aliphatic heterocycles. The largest absolute Gasteiger partial charge is 0.480 e. The van der Waals surface area contributed by atoms with Crippen LogP contribution in [0.3, 0.4) is 0 Å². The molecular formula is C9H9NO4. The average Bonchev–Trinajstić information content (AvgIpc) is 2.11. The van der Waals surface area contributed by atoms with Crippen LogP contribution in [0.2, 0.25) is 0 Å². The lowest BCUT2D eigenvalue weighted by Gasteiger charge is -2.08. The van der Waals surface area contributed by atoms with Crippen LogP contribution >= 0.6 is 0 Å². The highest BCUT2D eigenvalue weighted by Crippen LogP contribution is 2.10. The maximum Gasteiger partial charge on any atom is 0.320 e. The van der Waals surface area contributed by atoms with E-state index >= 15 is 0 Å². The summed E-state index contributed by atoms with van der Waals surface area (Å²) in [7, 11) is 0. The van der Waals surface area contributed by atoms with Gasteiger partial charge in [-0.3, -0.25) is 14.4 Å². The van der Waals surface area contributed by atoms with Crippen LogP contribution in [-0.4, -0.2) is 28.7 Å². The fraction of sp³-hybridized carbons (Fsp3) is 0.222. The van der Waals surface area contributed by atoms with E-state index in [0.29, 0.717) is 5.57 Å². The van der Waals surface area contributed by atoms with Gasteiger partial charge in [-0.25, -0.2) is 0 Å². The lowest BCUT2D eigenvalue weighted by molar-refractivity contribution is -0.138. The first-order chi connectivity index (χ1) is 6.50. The Kier molecular flexibility index (Phi) is 2.93. The number of carboxylic acids is 1. The number of aliphatic carboxylic acids is 1. The summed E-state index contributed by atoms with van der Waals surface area (Å²) in [6.07, 6.45) is 3.69. The van der Waals surface area contributed by atoms with Gasteiger partial charge in [-0.05, 0) is 24.1 Å². The molecule has 1 aliphatic rings. The molecule has 0 aromatic heterocycles. The van der Waals surface area contributed by atoms with E-state index in [9.17, 15) is 14.4 Å². The van der Waals surface area contributed by atoms with E-state index in [1.165, 1.54) is 6.08 Å². The normalized spacial score (nSPS) is 17.9. The van der Waals surface area contributed by atoms with Gasteiger partial charge in [0.05, 0.1) is 0 Å². The third-order valence-corrected chi connectivity index (χ3v) is 1.78. The van der Waals surface area contributed by atoms with Crippen molar-refractivity contribution in [2.24, 2.45) is 5.73 Å². The van der Waals surface area contributed by atoms with Crippen molar-refractivity contribution in [2.45, 2.75) is 12.5 Å². The van der Waals surface area contributed by atoms with E-state index in [4.69, 9.17) is 10.8 Å². The van der Waals surface area contributed by atoms with Crippen molar-refractivity contribution in [2.75, 3.05) is 0 Å². The molecule has 5 heteroatoms. The zero-order valence-electron chi connectivity index (χ0n) is 7.27.